The first kappa shape index (κ1) is 12.0. The van der Waals surface area contributed by atoms with E-state index in [1.54, 1.807) is 18.2 Å². The van der Waals surface area contributed by atoms with Gasteiger partial charge in [0.1, 0.15) is 6.61 Å². The van der Waals surface area contributed by atoms with Crippen molar-refractivity contribution in [3.8, 4) is 11.8 Å². The molecule has 0 aliphatic heterocycles. The summed E-state index contributed by atoms with van der Waals surface area (Å²) in [5, 5.41) is 24.8. The summed E-state index contributed by atoms with van der Waals surface area (Å²) in [6.07, 6.45) is 0. The van der Waals surface area contributed by atoms with Crippen LogP contribution in [0.5, 0.6) is 0 Å². The van der Waals surface area contributed by atoms with Crippen LogP contribution in [0.3, 0.4) is 0 Å². The van der Waals surface area contributed by atoms with Crippen LogP contribution in [-0.4, -0.2) is 25.0 Å². The summed E-state index contributed by atoms with van der Waals surface area (Å²) in [7, 11) is 1.46. The lowest BCUT2D eigenvalue weighted by atomic mass is 10.1. The number of hydrogen-bond acceptors (Lipinski definition) is 6. The van der Waals surface area contributed by atoms with Crippen molar-refractivity contribution in [3.63, 3.8) is 0 Å². The van der Waals surface area contributed by atoms with Gasteiger partial charge >= 0.3 is 5.69 Å². The Labute approximate surface area is 101 Å². The van der Waals surface area contributed by atoms with Gasteiger partial charge in [-0.3, -0.25) is 5.26 Å². The second-order valence-corrected chi connectivity index (χ2v) is 3.49. The van der Waals surface area contributed by atoms with Crippen molar-refractivity contribution in [2.75, 3.05) is 0 Å². The smallest absolute Gasteiger partial charge is 0.251 e. The number of nitriles is 1. The number of benzene rings is 1. The Morgan fingerprint density at radius 2 is 2.28 bits per heavy atom. The fourth-order valence-electron chi connectivity index (χ4n) is 1.56. The summed E-state index contributed by atoms with van der Waals surface area (Å²) < 4.78 is 2.10. The molecule has 0 radical (unpaired) electrons. The van der Waals surface area contributed by atoms with E-state index >= 15 is 0 Å². The Hall–Kier alpha value is -2.50. The van der Waals surface area contributed by atoms with Gasteiger partial charge in [-0.05, 0) is 22.6 Å². The normalized spacial score (nSPS) is 10.3. The molecule has 0 bridgehead atoms. The molecule has 1 heterocycles. The molecule has 0 unspecified atom stereocenters. The van der Waals surface area contributed by atoms with Crippen molar-refractivity contribution in [1.82, 2.24) is 19.8 Å². The highest BCUT2D eigenvalue weighted by Gasteiger charge is 2.14. The average Bonchev–Trinajstić information content (AvgIpc) is 2.71. The van der Waals surface area contributed by atoms with Gasteiger partial charge in [-0.1, -0.05) is 6.07 Å². The van der Waals surface area contributed by atoms with E-state index in [0.717, 1.165) is 9.36 Å². The number of hydrogen-bond donors (Lipinski definition) is 1. The molecule has 0 saturated heterocycles. The Morgan fingerprint density at radius 1 is 1.50 bits per heavy atom. The second kappa shape index (κ2) is 4.79. The minimum Gasteiger partial charge on any atom is -0.251 e. The highest BCUT2D eigenvalue weighted by molar-refractivity contribution is 5.50. The zero-order valence-corrected chi connectivity index (χ0v) is 9.44. The van der Waals surface area contributed by atoms with E-state index in [9.17, 15) is 4.79 Å². The van der Waals surface area contributed by atoms with Crippen molar-refractivity contribution < 1.29 is 10.1 Å². The molecule has 0 aliphatic carbocycles. The quantitative estimate of drug-likeness (QED) is 0.596. The summed E-state index contributed by atoms with van der Waals surface area (Å²) in [5.74, 6) is 0. The number of nitrogens with zero attached hydrogens (tertiary/aromatic N) is 5. The van der Waals surface area contributed by atoms with Gasteiger partial charge in [0.15, 0.2) is 0 Å². The molecule has 1 N–H and O–H groups in total. The van der Waals surface area contributed by atoms with E-state index in [4.69, 9.17) is 10.5 Å². The third kappa shape index (κ3) is 1.88. The largest absolute Gasteiger partial charge is 0.368 e. The molecule has 8 heteroatoms. The van der Waals surface area contributed by atoms with Crippen LogP contribution in [-0.2, 0) is 18.5 Å². The second-order valence-electron chi connectivity index (χ2n) is 3.49. The van der Waals surface area contributed by atoms with E-state index in [2.05, 4.69) is 15.3 Å². The van der Waals surface area contributed by atoms with Crippen molar-refractivity contribution in [1.29, 1.82) is 5.26 Å². The molecule has 2 aromatic rings. The highest BCUT2D eigenvalue weighted by atomic mass is 17.1. The summed E-state index contributed by atoms with van der Waals surface area (Å²) >= 11 is 0. The van der Waals surface area contributed by atoms with Crippen LogP contribution >= 0.6 is 0 Å². The fraction of sp³-hybridized carbons (Fsp3) is 0.200. The first-order valence-electron chi connectivity index (χ1n) is 4.96. The minimum atomic E-state index is -0.454. The topological polar surface area (TPSA) is 106 Å². The van der Waals surface area contributed by atoms with Gasteiger partial charge in [-0.2, -0.15) is 14.6 Å². The lowest BCUT2D eigenvalue weighted by Gasteiger charge is -2.07. The monoisotopic (exact) mass is 247 g/mol. The first-order chi connectivity index (χ1) is 8.69. The zero-order chi connectivity index (χ0) is 13.1. The van der Waals surface area contributed by atoms with E-state index in [-0.39, 0.29) is 6.61 Å². The van der Waals surface area contributed by atoms with Gasteiger partial charge < -0.3 is 0 Å². The van der Waals surface area contributed by atoms with Gasteiger partial charge in [-0.15, -0.1) is 0 Å². The predicted octanol–water partition coefficient (Wildman–Crippen LogP) is -0.173. The fourth-order valence-corrected chi connectivity index (χ4v) is 1.56. The Balaban J connectivity index is 2.68. The molecule has 0 spiro atoms. The molecule has 0 fully saturated rings. The molecule has 1 aromatic heterocycles. The molecular weight excluding hydrogens is 238 g/mol. The SMILES string of the molecule is Cn1nnn(-c2cccc(C#N)c2COO)c1=O. The minimum absolute atomic E-state index is 0.220. The molecular formula is C10H9N5O3. The molecule has 0 amide bonds. The standard InChI is InChI=1S/C10H9N5O3/c1-14-10(16)15(13-12-14)9-4-2-3-7(5-11)8(9)6-18-17/h2-4,17H,6H2,1H3. The molecule has 0 aliphatic rings. The number of aromatic nitrogens is 4. The zero-order valence-electron chi connectivity index (χ0n) is 9.44. The van der Waals surface area contributed by atoms with Crippen molar-refractivity contribution in [3.05, 3.63) is 39.8 Å². The van der Waals surface area contributed by atoms with Crippen LogP contribution in [0.4, 0.5) is 0 Å². The van der Waals surface area contributed by atoms with Gasteiger partial charge in [-0.25, -0.2) is 9.68 Å². The third-order valence-corrected chi connectivity index (χ3v) is 2.43. The average molecular weight is 247 g/mol. The number of aryl methyl sites for hydroxylation is 1. The third-order valence-electron chi connectivity index (χ3n) is 2.43. The van der Waals surface area contributed by atoms with E-state index in [1.807, 2.05) is 6.07 Å². The summed E-state index contributed by atoms with van der Waals surface area (Å²) in [6.45, 7) is -0.220. The van der Waals surface area contributed by atoms with E-state index in [1.165, 1.54) is 7.05 Å². The maximum atomic E-state index is 11.7. The van der Waals surface area contributed by atoms with Crippen LogP contribution < -0.4 is 5.69 Å². The van der Waals surface area contributed by atoms with Crippen LogP contribution in [0.15, 0.2) is 23.0 Å². The Morgan fingerprint density at radius 3 is 2.83 bits per heavy atom. The Kier molecular flexibility index (Phi) is 3.18. The molecule has 8 nitrogen and oxygen atoms in total. The maximum absolute atomic E-state index is 11.7. The van der Waals surface area contributed by atoms with Crippen molar-refractivity contribution >= 4 is 0 Å². The van der Waals surface area contributed by atoms with Crippen LogP contribution in [0, 0.1) is 11.3 Å². The van der Waals surface area contributed by atoms with E-state index < -0.39 is 5.69 Å². The molecule has 1 aromatic carbocycles. The van der Waals surface area contributed by atoms with Crippen LogP contribution in [0.25, 0.3) is 5.69 Å². The molecule has 92 valence electrons. The van der Waals surface area contributed by atoms with Crippen molar-refractivity contribution in [2.45, 2.75) is 6.61 Å². The number of tetrazole rings is 1. The van der Waals surface area contributed by atoms with Crippen molar-refractivity contribution in [2.24, 2.45) is 7.05 Å². The van der Waals surface area contributed by atoms with Crippen LogP contribution in [0.2, 0.25) is 0 Å². The summed E-state index contributed by atoms with van der Waals surface area (Å²) in [5.41, 5.74) is 0.551. The van der Waals surface area contributed by atoms with Gasteiger partial charge in [0, 0.05) is 12.6 Å². The maximum Gasteiger partial charge on any atom is 0.368 e. The van der Waals surface area contributed by atoms with Gasteiger partial charge in [0.05, 0.1) is 17.3 Å². The van der Waals surface area contributed by atoms with E-state index in [0.29, 0.717) is 16.8 Å². The summed E-state index contributed by atoms with van der Waals surface area (Å²) in [6, 6.07) is 6.71. The highest BCUT2D eigenvalue weighted by Crippen LogP contribution is 2.17. The molecule has 2 rings (SSSR count). The van der Waals surface area contributed by atoms with Gasteiger partial charge in [0.25, 0.3) is 0 Å². The predicted molar refractivity (Wildman–Crippen MR) is 58.7 cm³/mol. The van der Waals surface area contributed by atoms with Gasteiger partial charge in [0.2, 0.25) is 0 Å². The molecule has 0 saturated carbocycles. The number of rotatable bonds is 3. The molecule has 0 atom stereocenters. The molecule has 18 heavy (non-hydrogen) atoms. The van der Waals surface area contributed by atoms with Crippen LogP contribution in [0.1, 0.15) is 11.1 Å². The lowest BCUT2D eigenvalue weighted by Crippen LogP contribution is -2.23. The lowest BCUT2D eigenvalue weighted by molar-refractivity contribution is -0.253. The Bertz CT molecular complexity index is 667. The first-order valence-corrected chi connectivity index (χ1v) is 4.96. The summed E-state index contributed by atoms with van der Waals surface area (Å²) in [4.78, 5) is 15.8.